The number of ether oxygens (including phenoxy) is 1. The Balaban J connectivity index is 2.42. The highest BCUT2D eigenvalue weighted by atomic mass is 28.4. The van der Waals surface area contributed by atoms with E-state index in [1.165, 1.54) is 12.1 Å². The zero-order valence-electron chi connectivity index (χ0n) is 20.3. The van der Waals surface area contributed by atoms with Crippen LogP contribution in [-0.2, 0) is 20.4 Å². The second-order valence-corrected chi connectivity index (χ2v) is 14.9. The Morgan fingerprint density at radius 2 is 1.97 bits per heavy atom. The molecule has 1 aliphatic heterocycles. The summed E-state index contributed by atoms with van der Waals surface area (Å²) in [6.45, 7) is 13.3. The predicted molar refractivity (Wildman–Crippen MR) is 130 cm³/mol. The summed E-state index contributed by atoms with van der Waals surface area (Å²) in [6, 6.07) is 5.07. The van der Waals surface area contributed by atoms with Crippen molar-refractivity contribution in [1.29, 1.82) is 0 Å². The molecule has 0 aliphatic carbocycles. The number of phenolic OH excluding ortho intramolecular Hbond substituents is 1. The highest BCUT2D eigenvalue weighted by molar-refractivity contribution is 6.74. The molecule has 0 saturated carbocycles. The van der Waals surface area contributed by atoms with Crippen molar-refractivity contribution in [1.82, 2.24) is 0 Å². The molecule has 5 nitrogen and oxygen atoms in total. The number of allylic oxidation sites excluding steroid dienone is 3. The number of cyclic esters (lactones) is 1. The molecule has 0 unspecified atom stereocenters. The van der Waals surface area contributed by atoms with Crippen molar-refractivity contribution in [3.8, 4) is 5.75 Å². The second kappa shape index (κ2) is 11.1. The molecule has 0 bridgehead atoms. The Morgan fingerprint density at radius 3 is 2.62 bits per heavy atom. The first-order valence-electron chi connectivity index (χ1n) is 11.4. The fourth-order valence-corrected chi connectivity index (χ4v) is 5.00. The highest BCUT2D eigenvalue weighted by Gasteiger charge is 2.41. The molecule has 1 heterocycles. The first-order valence-corrected chi connectivity index (χ1v) is 14.3. The Kier molecular flexibility index (Phi) is 9.05. The van der Waals surface area contributed by atoms with Gasteiger partial charge in [-0.3, -0.25) is 4.79 Å². The lowest BCUT2D eigenvalue weighted by molar-refractivity contribution is -0.104. The van der Waals surface area contributed by atoms with Gasteiger partial charge >= 0.3 is 5.97 Å². The van der Waals surface area contributed by atoms with E-state index in [0.29, 0.717) is 19.3 Å². The first kappa shape index (κ1) is 26.1. The van der Waals surface area contributed by atoms with Gasteiger partial charge in [-0.05, 0) is 54.6 Å². The number of hydrogen-bond acceptors (Lipinski definition) is 5. The van der Waals surface area contributed by atoms with Crippen molar-refractivity contribution in [3.63, 3.8) is 0 Å². The third-order valence-electron chi connectivity index (χ3n) is 6.61. The minimum Gasteiger partial charge on any atom is -0.507 e. The van der Waals surface area contributed by atoms with Crippen LogP contribution < -0.4 is 0 Å². The van der Waals surface area contributed by atoms with Gasteiger partial charge in [0.1, 0.15) is 23.7 Å². The summed E-state index contributed by atoms with van der Waals surface area (Å²) in [6.07, 6.45) is 9.79. The molecule has 1 aromatic carbocycles. The number of aromatic hydroxyl groups is 1. The summed E-state index contributed by atoms with van der Waals surface area (Å²) in [4.78, 5) is 23.9. The summed E-state index contributed by atoms with van der Waals surface area (Å²) < 4.78 is 12.7. The third-order valence-corrected chi connectivity index (χ3v) is 11.1. The lowest BCUT2D eigenvalue weighted by Crippen LogP contribution is -2.46. The number of phenols is 1. The van der Waals surface area contributed by atoms with Gasteiger partial charge < -0.3 is 14.3 Å². The van der Waals surface area contributed by atoms with Crippen molar-refractivity contribution in [2.24, 2.45) is 5.92 Å². The quantitative estimate of drug-likeness (QED) is 0.193. The lowest BCUT2D eigenvalue weighted by atomic mass is 9.93. The van der Waals surface area contributed by atoms with Crippen molar-refractivity contribution < 1.29 is 23.9 Å². The molecule has 1 N–H and O–H groups in total. The van der Waals surface area contributed by atoms with Gasteiger partial charge in [0.05, 0.1) is 6.10 Å². The van der Waals surface area contributed by atoms with E-state index in [-0.39, 0.29) is 28.4 Å². The molecule has 0 radical (unpaired) electrons. The molecule has 0 aromatic heterocycles. The van der Waals surface area contributed by atoms with Crippen LogP contribution in [0.3, 0.4) is 0 Å². The van der Waals surface area contributed by atoms with Crippen molar-refractivity contribution in [2.45, 2.75) is 83.7 Å². The Bertz CT molecular complexity index is 850. The van der Waals surface area contributed by atoms with Gasteiger partial charge in [0.25, 0.3) is 0 Å². The third kappa shape index (κ3) is 6.91. The summed E-state index contributed by atoms with van der Waals surface area (Å²) in [5, 5.41) is 10.4. The molecule has 1 aliphatic rings. The standard InChI is InChI=1S/C26H38O5Si/c1-19-12-7-8-13-20-14-11-16-22(28)24(20)25(29)30-21(15-9-10-17-27)18-23(19)31-32(5,6)26(2,3)4/h7-11,14,16-17,19,21,23,28H,12-13,15,18H2,1-6H3/b8-7+,10-9+/t19-,21-,23+/m1/s1. The van der Waals surface area contributed by atoms with E-state index in [1.54, 1.807) is 12.1 Å². The Hall–Kier alpha value is -2.18. The van der Waals surface area contributed by atoms with Crippen LogP contribution in [-0.4, -0.2) is 37.9 Å². The van der Waals surface area contributed by atoms with Gasteiger partial charge in [0.2, 0.25) is 0 Å². The number of fused-ring (bicyclic) bond motifs is 1. The second-order valence-electron chi connectivity index (χ2n) is 10.2. The van der Waals surface area contributed by atoms with E-state index in [9.17, 15) is 14.7 Å². The van der Waals surface area contributed by atoms with Crippen molar-refractivity contribution in [3.05, 3.63) is 53.6 Å². The topological polar surface area (TPSA) is 72.8 Å². The van der Waals surface area contributed by atoms with Gasteiger partial charge in [0.15, 0.2) is 8.32 Å². The summed E-state index contributed by atoms with van der Waals surface area (Å²) in [5.41, 5.74) is 0.938. The molecule has 6 heteroatoms. The number of carbonyl (C=O) groups is 2. The van der Waals surface area contributed by atoms with Crippen LogP contribution in [0.2, 0.25) is 18.1 Å². The molecule has 1 aromatic rings. The van der Waals surface area contributed by atoms with E-state index < -0.39 is 20.4 Å². The number of hydrogen-bond donors (Lipinski definition) is 1. The van der Waals surface area contributed by atoms with Gasteiger partial charge in [0, 0.05) is 12.8 Å². The van der Waals surface area contributed by atoms with E-state index in [1.807, 2.05) is 12.1 Å². The normalized spacial score (nSPS) is 24.2. The van der Waals surface area contributed by atoms with E-state index in [2.05, 4.69) is 46.9 Å². The summed E-state index contributed by atoms with van der Waals surface area (Å²) in [7, 11) is -2.05. The summed E-state index contributed by atoms with van der Waals surface area (Å²) in [5.74, 6) is -0.391. The monoisotopic (exact) mass is 458 g/mol. The molecular formula is C26H38O5Si. The van der Waals surface area contributed by atoms with Crippen molar-refractivity contribution >= 4 is 20.6 Å². The van der Waals surface area contributed by atoms with Gasteiger partial charge in [-0.2, -0.15) is 0 Å². The largest absolute Gasteiger partial charge is 0.507 e. The highest BCUT2D eigenvalue weighted by Crippen LogP contribution is 2.39. The van der Waals surface area contributed by atoms with Crippen LogP contribution in [0.1, 0.15) is 62.9 Å². The molecular weight excluding hydrogens is 420 g/mol. The molecule has 0 amide bonds. The average molecular weight is 459 g/mol. The smallest absolute Gasteiger partial charge is 0.342 e. The first-order chi connectivity index (χ1) is 15.0. The number of benzene rings is 1. The number of esters is 1. The molecule has 2 rings (SSSR count). The van der Waals surface area contributed by atoms with E-state index >= 15 is 0 Å². The molecule has 176 valence electrons. The maximum Gasteiger partial charge on any atom is 0.342 e. The van der Waals surface area contributed by atoms with Crippen molar-refractivity contribution in [2.75, 3.05) is 0 Å². The number of carbonyl (C=O) groups excluding carboxylic acids is 2. The molecule has 0 fully saturated rings. The van der Waals surface area contributed by atoms with Crippen LogP contribution >= 0.6 is 0 Å². The van der Waals surface area contributed by atoms with Crippen LogP contribution in [0, 0.1) is 5.92 Å². The minimum absolute atomic E-state index is 0.0561. The average Bonchev–Trinajstić information content (AvgIpc) is 2.68. The fourth-order valence-electron chi connectivity index (χ4n) is 3.56. The maximum atomic E-state index is 13.1. The predicted octanol–water partition coefficient (Wildman–Crippen LogP) is 5.98. The zero-order chi connectivity index (χ0) is 23.9. The number of aldehydes is 1. The number of rotatable bonds is 5. The SMILES string of the molecule is C[C@@H]1C/C=C/Cc2cccc(O)c2C(=O)O[C@H](C/C=C/C=O)C[C@@H]1O[Si](C)(C)C(C)(C)C. The van der Waals surface area contributed by atoms with Gasteiger partial charge in [-0.1, -0.05) is 58.1 Å². The zero-order valence-corrected chi connectivity index (χ0v) is 21.3. The Morgan fingerprint density at radius 1 is 1.25 bits per heavy atom. The van der Waals surface area contributed by atoms with Crippen LogP contribution in [0.15, 0.2) is 42.5 Å². The molecule has 0 spiro atoms. The Labute approximate surface area is 193 Å². The lowest BCUT2D eigenvalue weighted by Gasteiger charge is -2.41. The maximum absolute atomic E-state index is 13.1. The van der Waals surface area contributed by atoms with E-state index in [4.69, 9.17) is 9.16 Å². The molecule has 32 heavy (non-hydrogen) atoms. The molecule has 0 saturated heterocycles. The molecule has 3 atom stereocenters. The van der Waals surface area contributed by atoms with Crippen LogP contribution in [0.5, 0.6) is 5.75 Å². The van der Waals surface area contributed by atoms with Crippen LogP contribution in [0.25, 0.3) is 0 Å². The van der Waals surface area contributed by atoms with Gasteiger partial charge in [-0.25, -0.2) is 4.79 Å². The van der Waals surface area contributed by atoms with Crippen LogP contribution in [0.4, 0.5) is 0 Å². The summed E-state index contributed by atoms with van der Waals surface area (Å²) >= 11 is 0. The minimum atomic E-state index is -2.05. The fraction of sp³-hybridized carbons (Fsp3) is 0.538. The van der Waals surface area contributed by atoms with E-state index in [0.717, 1.165) is 18.3 Å². The van der Waals surface area contributed by atoms with Gasteiger partial charge in [-0.15, -0.1) is 0 Å².